The maximum absolute atomic E-state index is 13.4. The molecule has 2 atom stereocenters. The highest BCUT2D eigenvalue weighted by atomic mass is 16.6. The summed E-state index contributed by atoms with van der Waals surface area (Å²) in [6.45, 7) is 11.9. The molecule has 0 aromatic carbocycles. The number of cyclic esters (lactones) is 1. The topological polar surface area (TPSA) is 87.7 Å². The van der Waals surface area contributed by atoms with Crippen LogP contribution in [0.25, 0.3) is 0 Å². The van der Waals surface area contributed by atoms with Crippen molar-refractivity contribution in [2.45, 2.75) is 97.2 Å². The van der Waals surface area contributed by atoms with Gasteiger partial charge in [0.25, 0.3) is 0 Å². The lowest BCUT2D eigenvalue weighted by Gasteiger charge is -2.37. The molecular formula is C25H45N3O4. The molecule has 0 aliphatic carbocycles. The number of hydrogen-bond acceptors (Lipinski definition) is 6. The fourth-order valence-electron chi connectivity index (χ4n) is 4.31. The Bertz CT molecular complexity index is 662. The number of likely N-dealkylation sites (N-methyl/N-ethyl adjacent to an activating group) is 1. The highest BCUT2D eigenvalue weighted by Gasteiger charge is 2.39. The first-order valence-corrected chi connectivity index (χ1v) is 12.0. The number of carbonyl (C=O) groups is 3. The van der Waals surface area contributed by atoms with Gasteiger partial charge in [0.15, 0.2) is 11.6 Å². The van der Waals surface area contributed by atoms with E-state index in [0.717, 1.165) is 32.1 Å². The minimum atomic E-state index is -0.974. The number of Topliss-reactive ketones (excluding diaryl/α,β-unsaturated/α-hetero) is 2. The maximum atomic E-state index is 13.4. The first kappa shape index (κ1) is 28.3. The predicted molar refractivity (Wildman–Crippen MR) is 129 cm³/mol. The van der Waals surface area contributed by atoms with E-state index in [9.17, 15) is 14.4 Å². The molecule has 1 aliphatic rings. The van der Waals surface area contributed by atoms with Crippen LogP contribution in [0, 0.1) is 5.92 Å². The predicted octanol–water partition coefficient (Wildman–Crippen LogP) is 3.86. The Balaban J connectivity index is 3.13. The molecule has 0 radical (unpaired) electrons. The normalized spacial score (nSPS) is 28.8. The van der Waals surface area contributed by atoms with Crippen molar-refractivity contribution in [3.63, 3.8) is 0 Å². The Hall–Kier alpha value is -1.73. The fraction of sp³-hybridized carbons (Fsp3) is 0.800. The van der Waals surface area contributed by atoms with Crippen molar-refractivity contribution in [2.24, 2.45) is 5.92 Å². The van der Waals surface area contributed by atoms with E-state index in [1.807, 2.05) is 46.8 Å². The van der Waals surface area contributed by atoms with Gasteiger partial charge in [0.1, 0.15) is 6.61 Å². The van der Waals surface area contributed by atoms with Gasteiger partial charge in [-0.05, 0) is 47.0 Å². The van der Waals surface area contributed by atoms with Crippen LogP contribution < -0.4 is 10.6 Å². The van der Waals surface area contributed by atoms with Crippen LogP contribution in [0.4, 0.5) is 4.79 Å². The van der Waals surface area contributed by atoms with Crippen molar-refractivity contribution in [3.8, 4) is 0 Å². The van der Waals surface area contributed by atoms with E-state index in [0.29, 0.717) is 6.42 Å². The SMILES string of the molecule is CC(C)N[C@]1(C)CN(C)C(=O)OC/C=C/CCCCCC[C@@](C)(C(=O)C(C)C)NCC1=O. The van der Waals surface area contributed by atoms with Gasteiger partial charge < -0.3 is 15.0 Å². The summed E-state index contributed by atoms with van der Waals surface area (Å²) in [5.41, 5.74) is -1.73. The van der Waals surface area contributed by atoms with Gasteiger partial charge in [-0.25, -0.2) is 4.79 Å². The minimum Gasteiger partial charge on any atom is -0.445 e. The molecule has 7 heteroatoms. The Labute approximate surface area is 194 Å². The van der Waals surface area contributed by atoms with Crippen molar-refractivity contribution in [3.05, 3.63) is 12.2 Å². The third-order valence-electron chi connectivity index (χ3n) is 6.06. The van der Waals surface area contributed by atoms with Gasteiger partial charge in [-0.15, -0.1) is 0 Å². The second-order valence-electron chi connectivity index (χ2n) is 10.1. The van der Waals surface area contributed by atoms with E-state index in [-0.39, 0.29) is 43.2 Å². The van der Waals surface area contributed by atoms with Gasteiger partial charge in [-0.3, -0.25) is 14.9 Å². The van der Waals surface area contributed by atoms with Crippen LogP contribution in [0.3, 0.4) is 0 Å². The maximum Gasteiger partial charge on any atom is 0.409 e. The van der Waals surface area contributed by atoms with Crippen LogP contribution in [-0.2, 0) is 14.3 Å². The smallest absolute Gasteiger partial charge is 0.409 e. The highest BCUT2D eigenvalue weighted by Crippen LogP contribution is 2.22. The van der Waals surface area contributed by atoms with Crippen LogP contribution in [0.5, 0.6) is 0 Å². The Morgan fingerprint density at radius 3 is 2.38 bits per heavy atom. The molecule has 0 bridgehead atoms. The lowest BCUT2D eigenvalue weighted by atomic mass is 9.83. The number of rotatable bonds is 4. The Morgan fingerprint density at radius 1 is 1.09 bits per heavy atom. The van der Waals surface area contributed by atoms with Crippen LogP contribution >= 0.6 is 0 Å². The summed E-state index contributed by atoms with van der Waals surface area (Å²) >= 11 is 0. The molecule has 0 aromatic heterocycles. The number of nitrogens with zero attached hydrogens (tertiary/aromatic N) is 1. The second kappa shape index (κ2) is 13.1. The summed E-state index contributed by atoms with van der Waals surface area (Å²) in [6.07, 6.45) is 9.20. The number of nitrogens with one attached hydrogen (secondary N) is 2. The summed E-state index contributed by atoms with van der Waals surface area (Å²) in [5, 5.41) is 6.62. The molecule has 0 spiro atoms. The number of ether oxygens (including phenoxy) is 1. The van der Waals surface area contributed by atoms with Crippen LogP contribution in [0.1, 0.15) is 80.1 Å². The molecule has 0 fully saturated rings. The molecule has 184 valence electrons. The molecule has 0 saturated carbocycles. The Morgan fingerprint density at radius 2 is 1.75 bits per heavy atom. The molecule has 1 amide bonds. The summed E-state index contributed by atoms with van der Waals surface area (Å²) < 4.78 is 5.32. The average molecular weight is 452 g/mol. The zero-order valence-corrected chi connectivity index (χ0v) is 21.3. The second-order valence-corrected chi connectivity index (χ2v) is 10.1. The van der Waals surface area contributed by atoms with E-state index in [4.69, 9.17) is 4.74 Å². The molecule has 0 aromatic rings. The summed E-state index contributed by atoms with van der Waals surface area (Å²) in [4.78, 5) is 40.2. The molecular weight excluding hydrogens is 406 g/mol. The van der Waals surface area contributed by atoms with Gasteiger partial charge in [0.05, 0.1) is 17.6 Å². The van der Waals surface area contributed by atoms with Gasteiger partial charge in [0.2, 0.25) is 0 Å². The van der Waals surface area contributed by atoms with E-state index in [1.54, 1.807) is 14.0 Å². The van der Waals surface area contributed by atoms with E-state index < -0.39 is 17.2 Å². The molecule has 2 N–H and O–H groups in total. The van der Waals surface area contributed by atoms with Crippen molar-refractivity contribution in [2.75, 3.05) is 26.7 Å². The van der Waals surface area contributed by atoms with E-state index in [1.165, 1.54) is 4.90 Å². The van der Waals surface area contributed by atoms with E-state index in [2.05, 4.69) is 10.6 Å². The van der Waals surface area contributed by atoms with Gasteiger partial charge in [-0.1, -0.05) is 45.3 Å². The highest BCUT2D eigenvalue weighted by molar-refractivity contribution is 5.93. The lowest BCUT2D eigenvalue weighted by molar-refractivity contribution is -0.129. The van der Waals surface area contributed by atoms with Gasteiger partial charge in [0, 0.05) is 25.6 Å². The van der Waals surface area contributed by atoms with Gasteiger partial charge >= 0.3 is 6.09 Å². The minimum absolute atomic E-state index is 0.0397. The first-order valence-electron chi connectivity index (χ1n) is 12.0. The number of allylic oxidation sites excluding steroid dienone is 1. The van der Waals surface area contributed by atoms with Crippen LogP contribution in [0.15, 0.2) is 12.2 Å². The number of ketones is 2. The third-order valence-corrected chi connectivity index (χ3v) is 6.06. The van der Waals surface area contributed by atoms with Crippen molar-refractivity contribution < 1.29 is 19.1 Å². The summed E-state index contributed by atoms with van der Waals surface area (Å²) in [5.74, 6) is -0.0804. The third kappa shape index (κ3) is 9.02. The van der Waals surface area contributed by atoms with Crippen molar-refractivity contribution >= 4 is 17.7 Å². The lowest BCUT2D eigenvalue weighted by Crippen LogP contribution is -2.63. The van der Waals surface area contributed by atoms with Gasteiger partial charge in [-0.2, -0.15) is 0 Å². The quantitative estimate of drug-likeness (QED) is 0.631. The Kier molecular flexibility index (Phi) is 11.6. The van der Waals surface area contributed by atoms with Crippen molar-refractivity contribution in [1.29, 1.82) is 0 Å². The fourth-order valence-corrected chi connectivity index (χ4v) is 4.31. The standard InChI is InChI=1S/C25H45N3O4/c1-19(2)22(30)24(5)15-13-11-9-8-10-12-14-16-32-23(31)28(7)18-25(6,27-20(3)4)21(29)17-26-24/h12,14,19-20,26-27H,8-11,13,15-18H2,1-7H3/b14-12+/t24-,25+/m0/s1. The monoisotopic (exact) mass is 451 g/mol. The molecule has 1 heterocycles. The average Bonchev–Trinajstić information content (AvgIpc) is 2.71. The molecule has 1 rings (SSSR count). The molecule has 0 unspecified atom stereocenters. The molecule has 1 aliphatic heterocycles. The summed E-state index contributed by atoms with van der Waals surface area (Å²) in [7, 11) is 1.64. The molecule has 7 nitrogen and oxygen atoms in total. The molecule has 32 heavy (non-hydrogen) atoms. The summed E-state index contributed by atoms with van der Waals surface area (Å²) in [6, 6.07) is 0.0397. The number of amides is 1. The van der Waals surface area contributed by atoms with Crippen molar-refractivity contribution in [1.82, 2.24) is 15.5 Å². The zero-order valence-electron chi connectivity index (χ0n) is 21.3. The van der Waals surface area contributed by atoms with Crippen LogP contribution in [-0.4, -0.2) is 66.4 Å². The first-order chi connectivity index (χ1) is 14.9. The van der Waals surface area contributed by atoms with Crippen LogP contribution in [0.2, 0.25) is 0 Å². The number of hydrogen-bond donors (Lipinski definition) is 2. The number of carbonyl (C=O) groups excluding carboxylic acids is 3. The zero-order chi connectivity index (χ0) is 24.4. The van der Waals surface area contributed by atoms with E-state index >= 15 is 0 Å². The largest absolute Gasteiger partial charge is 0.445 e. The molecule has 0 saturated heterocycles.